The van der Waals surface area contributed by atoms with Crippen LogP contribution >= 0.6 is 0 Å². The minimum absolute atomic E-state index is 0.100. The van der Waals surface area contributed by atoms with Gasteiger partial charge in [-0.3, -0.25) is 4.79 Å². The molecule has 25 heavy (non-hydrogen) atoms. The van der Waals surface area contributed by atoms with Crippen LogP contribution in [0.4, 0.5) is 10.1 Å². The number of nitrogens with zero attached hydrogens (tertiary/aromatic N) is 1. The van der Waals surface area contributed by atoms with E-state index in [1.165, 1.54) is 12.1 Å². The molecule has 0 fully saturated rings. The Morgan fingerprint density at radius 1 is 1.08 bits per heavy atom. The fourth-order valence-corrected chi connectivity index (χ4v) is 2.91. The lowest BCUT2D eigenvalue weighted by Gasteiger charge is -2.20. The molecule has 0 bridgehead atoms. The summed E-state index contributed by atoms with van der Waals surface area (Å²) >= 11 is 0. The molecular formula is C21H21FN2O. The van der Waals surface area contributed by atoms with Gasteiger partial charge in [-0.05, 0) is 60.9 Å². The highest BCUT2D eigenvalue weighted by Gasteiger charge is 2.18. The Bertz CT molecular complexity index is 871. The molecule has 1 atom stereocenters. The number of halogens is 1. The van der Waals surface area contributed by atoms with Crippen molar-refractivity contribution in [1.29, 1.82) is 0 Å². The molecular weight excluding hydrogens is 315 g/mol. The number of hydrogen-bond acceptors (Lipinski definition) is 1. The fourth-order valence-electron chi connectivity index (χ4n) is 2.91. The van der Waals surface area contributed by atoms with Crippen molar-refractivity contribution in [2.45, 2.75) is 26.3 Å². The highest BCUT2D eigenvalue weighted by molar-refractivity contribution is 5.92. The molecule has 2 aromatic carbocycles. The minimum Gasteiger partial charge on any atom is -0.346 e. The van der Waals surface area contributed by atoms with Crippen LogP contribution in [0, 0.1) is 19.7 Å². The number of nitrogens with one attached hydrogen (secondary N) is 1. The van der Waals surface area contributed by atoms with E-state index in [0.29, 0.717) is 0 Å². The largest absolute Gasteiger partial charge is 0.346 e. The highest BCUT2D eigenvalue weighted by Crippen LogP contribution is 2.24. The summed E-state index contributed by atoms with van der Waals surface area (Å²) in [6.07, 6.45) is 4.01. The third kappa shape index (κ3) is 4.15. The standard InChI is InChI=1S/C21H21FN2O/c1-15-8-9-16(2)19(12-15)23-21(25)14-20(24-10-3-4-11-24)17-6-5-7-18(22)13-17/h3-13,20H,14H2,1-2H3,(H,23,25)/t20-/m1/s1. The van der Waals surface area contributed by atoms with Crippen molar-refractivity contribution in [3.63, 3.8) is 0 Å². The van der Waals surface area contributed by atoms with E-state index in [0.717, 1.165) is 22.4 Å². The SMILES string of the molecule is Cc1ccc(C)c(NC(=O)C[C@H](c2cccc(F)c2)n2cccc2)c1. The molecule has 0 saturated heterocycles. The predicted molar refractivity (Wildman–Crippen MR) is 98.1 cm³/mol. The van der Waals surface area contributed by atoms with Gasteiger partial charge in [-0.1, -0.05) is 24.3 Å². The number of aryl methyl sites for hydroxylation is 2. The summed E-state index contributed by atoms with van der Waals surface area (Å²) in [5, 5.41) is 2.98. The normalized spacial score (nSPS) is 12.0. The smallest absolute Gasteiger partial charge is 0.226 e. The lowest BCUT2D eigenvalue weighted by Crippen LogP contribution is -2.20. The third-order valence-corrected chi connectivity index (χ3v) is 4.27. The average molecular weight is 336 g/mol. The maximum atomic E-state index is 13.6. The molecule has 1 amide bonds. The number of anilines is 1. The molecule has 128 valence electrons. The first-order valence-corrected chi connectivity index (χ1v) is 8.28. The third-order valence-electron chi connectivity index (χ3n) is 4.27. The van der Waals surface area contributed by atoms with Gasteiger partial charge in [0.15, 0.2) is 0 Å². The lowest BCUT2D eigenvalue weighted by atomic mass is 10.0. The zero-order valence-electron chi connectivity index (χ0n) is 14.4. The predicted octanol–water partition coefficient (Wildman–Crippen LogP) is 4.86. The van der Waals surface area contributed by atoms with Crippen LogP contribution in [-0.4, -0.2) is 10.5 Å². The highest BCUT2D eigenvalue weighted by atomic mass is 19.1. The van der Waals surface area contributed by atoms with E-state index >= 15 is 0 Å². The van der Waals surface area contributed by atoms with Crippen molar-refractivity contribution in [1.82, 2.24) is 4.57 Å². The summed E-state index contributed by atoms with van der Waals surface area (Å²) in [7, 11) is 0. The van der Waals surface area contributed by atoms with E-state index in [-0.39, 0.29) is 24.2 Å². The van der Waals surface area contributed by atoms with Crippen molar-refractivity contribution >= 4 is 11.6 Å². The summed E-state index contributed by atoms with van der Waals surface area (Å²) in [4.78, 5) is 12.6. The second-order valence-corrected chi connectivity index (χ2v) is 6.27. The molecule has 0 saturated carbocycles. The van der Waals surface area contributed by atoms with Gasteiger partial charge in [0, 0.05) is 18.1 Å². The molecule has 1 N–H and O–H groups in total. The van der Waals surface area contributed by atoms with Crippen LogP contribution in [0.3, 0.4) is 0 Å². The molecule has 0 radical (unpaired) electrons. The van der Waals surface area contributed by atoms with Crippen LogP contribution in [0.1, 0.15) is 29.2 Å². The summed E-state index contributed by atoms with van der Waals surface area (Å²) in [6, 6.07) is 15.9. The summed E-state index contributed by atoms with van der Waals surface area (Å²) < 4.78 is 15.6. The minimum atomic E-state index is -0.301. The Morgan fingerprint density at radius 2 is 1.84 bits per heavy atom. The first kappa shape index (κ1) is 17.0. The van der Waals surface area contributed by atoms with Crippen LogP contribution in [0.25, 0.3) is 0 Å². The van der Waals surface area contributed by atoms with Crippen molar-refractivity contribution < 1.29 is 9.18 Å². The molecule has 0 aliphatic carbocycles. The number of aromatic nitrogens is 1. The monoisotopic (exact) mass is 336 g/mol. The quantitative estimate of drug-likeness (QED) is 0.709. The number of carbonyl (C=O) groups excluding carboxylic acids is 1. The summed E-state index contributed by atoms with van der Waals surface area (Å²) in [6.45, 7) is 3.95. The Hall–Kier alpha value is -2.88. The van der Waals surface area contributed by atoms with Crippen LogP contribution in [-0.2, 0) is 4.79 Å². The Labute approximate surface area is 147 Å². The van der Waals surface area contributed by atoms with Crippen molar-refractivity contribution in [3.8, 4) is 0 Å². The lowest BCUT2D eigenvalue weighted by molar-refractivity contribution is -0.116. The van der Waals surface area contributed by atoms with Gasteiger partial charge < -0.3 is 9.88 Å². The first-order valence-electron chi connectivity index (χ1n) is 8.28. The van der Waals surface area contributed by atoms with Gasteiger partial charge in [-0.2, -0.15) is 0 Å². The van der Waals surface area contributed by atoms with E-state index in [1.807, 2.05) is 67.2 Å². The van der Waals surface area contributed by atoms with Crippen molar-refractivity contribution in [3.05, 3.63) is 89.5 Å². The maximum absolute atomic E-state index is 13.6. The van der Waals surface area contributed by atoms with Gasteiger partial charge in [0.25, 0.3) is 0 Å². The topological polar surface area (TPSA) is 34.0 Å². The van der Waals surface area contributed by atoms with E-state index in [1.54, 1.807) is 6.07 Å². The van der Waals surface area contributed by atoms with Crippen molar-refractivity contribution in [2.75, 3.05) is 5.32 Å². The Morgan fingerprint density at radius 3 is 2.56 bits per heavy atom. The second kappa shape index (κ2) is 7.34. The molecule has 0 unspecified atom stereocenters. The maximum Gasteiger partial charge on any atom is 0.226 e. The number of amides is 1. The average Bonchev–Trinajstić information content (AvgIpc) is 3.10. The van der Waals surface area contributed by atoms with Gasteiger partial charge in [-0.15, -0.1) is 0 Å². The van der Waals surface area contributed by atoms with Crippen molar-refractivity contribution in [2.24, 2.45) is 0 Å². The van der Waals surface area contributed by atoms with Crippen LogP contribution < -0.4 is 5.32 Å². The van der Waals surface area contributed by atoms with E-state index < -0.39 is 0 Å². The Balaban J connectivity index is 1.83. The van der Waals surface area contributed by atoms with Crippen LogP contribution in [0.5, 0.6) is 0 Å². The van der Waals surface area contributed by atoms with Gasteiger partial charge in [-0.25, -0.2) is 4.39 Å². The van der Waals surface area contributed by atoms with Crippen LogP contribution in [0.15, 0.2) is 67.0 Å². The van der Waals surface area contributed by atoms with Gasteiger partial charge in [0.2, 0.25) is 5.91 Å². The first-order chi connectivity index (χ1) is 12.0. The molecule has 1 heterocycles. The molecule has 3 nitrogen and oxygen atoms in total. The van der Waals surface area contributed by atoms with Gasteiger partial charge >= 0.3 is 0 Å². The molecule has 3 aromatic rings. The number of rotatable bonds is 5. The van der Waals surface area contributed by atoms with E-state index in [2.05, 4.69) is 5.32 Å². The number of benzene rings is 2. The van der Waals surface area contributed by atoms with E-state index in [9.17, 15) is 9.18 Å². The molecule has 1 aromatic heterocycles. The van der Waals surface area contributed by atoms with Crippen LogP contribution in [0.2, 0.25) is 0 Å². The van der Waals surface area contributed by atoms with Gasteiger partial charge in [0.05, 0.1) is 12.5 Å². The summed E-state index contributed by atoms with van der Waals surface area (Å²) in [5.41, 5.74) is 3.69. The fraction of sp³-hybridized carbons (Fsp3) is 0.190. The zero-order valence-corrected chi connectivity index (χ0v) is 14.4. The number of carbonyl (C=O) groups is 1. The molecule has 3 rings (SSSR count). The summed E-state index contributed by atoms with van der Waals surface area (Å²) in [5.74, 6) is -0.402. The molecule has 0 aliphatic rings. The molecule has 0 aliphatic heterocycles. The second-order valence-electron chi connectivity index (χ2n) is 6.27. The number of hydrogen-bond donors (Lipinski definition) is 1. The van der Waals surface area contributed by atoms with E-state index in [4.69, 9.17) is 0 Å². The Kier molecular flexibility index (Phi) is 4.98. The zero-order chi connectivity index (χ0) is 17.8. The molecule has 0 spiro atoms. The van der Waals surface area contributed by atoms with Gasteiger partial charge in [0.1, 0.15) is 5.82 Å². The molecule has 4 heteroatoms.